The van der Waals surface area contributed by atoms with Gasteiger partial charge in [-0.2, -0.15) is 0 Å². The number of amides is 1. The van der Waals surface area contributed by atoms with Crippen LogP contribution in [0.4, 0.5) is 0 Å². The second-order valence-corrected chi connectivity index (χ2v) is 3.19. The lowest BCUT2D eigenvalue weighted by molar-refractivity contribution is 0.0955. The quantitative estimate of drug-likeness (QED) is 0.825. The minimum absolute atomic E-state index is 0.0371. The smallest absolute Gasteiger partial charge is 0.252 e. The molecule has 0 aliphatic heterocycles. The van der Waals surface area contributed by atoms with Gasteiger partial charge in [-0.25, -0.2) is 0 Å². The Kier molecular flexibility index (Phi) is 3.29. The molecule has 0 saturated carbocycles. The highest BCUT2D eigenvalue weighted by molar-refractivity contribution is 9.10. The lowest BCUT2D eigenvalue weighted by atomic mass is 10.2. The van der Waals surface area contributed by atoms with Crippen LogP contribution in [0.25, 0.3) is 0 Å². The van der Waals surface area contributed by atoms with Crippen molar-refractivity contribution in [2.24, 2.45) is 0 Å². The van der Waals surface area contributed by atoms with E-state index in [2.05, 4.69) is 21.2 Å². The monoisotopic (exact) mass is 227 g/mol. The van der Waals surface area contributed by atoms with Crippen molar-refractivity contribution in [3.05, 3.63) is 34.3 Å². The number of hydrogen-bond donors (Lipinski definition) is 1. The SMILES string of the molecule is CCNC(=O)c1ccccc1Br. The number of halogens is 1. The summed E-state index contributed by atoms with van der Waals surface area (Å²) in [6.45, 7) is 2.55. The predicted molar refractivity (Wildman–Crippen MR) is 52.1 cm³/mol. The first kappa shape index (κ1) is 9.26. The third-order valence-electron chi connectivity index (χ3n) is 1.46. The van der Waals surface area contributed by atoms with Crippen LogP contribution in [0.15, 0.2) is 28.7 Å². The molecule has 0 spiro atoms. The Hall–Kier alpha value is -0.830. The standard InChI is InChI=1S/C9H10BrNO/c1-2-11-9(12)7-5-3-4-6-8(7)10/h3-6H,2H2,1H3,(H,11,12). The van der Waals surface area contributed by atoms with Crippen molar-refractivity contribution in [3.63, 3.8) is 0 Å². The summed E-state index contributed by atoms with van der Waals surface area (Å²) in [5, 5.41) is 2.73. The molecule has 2 nitrogen and oxygen atoms in total. The molecule has 64 valence electrons. The van der Waals surface area contributed by atoms with Gasteiger partial charge in [0.1, 0.15) is 0 Å². The molecule has 1 rings (SSSR count). The summed E-state index contributed by atoms with van der Waals surface area (Å²) in [4.78, 5) is 11.3. The van der Waals surface area contributed by atoms with E-state index in [0.29, 0.717) is 12.1 Å². The second-order valence-electron chi connectivity index (χ2n) is 2.34. The van der Waals surface area contributed by atoms with Crippen LogP contribution < -0.4 is 5.32 Å². The van der Waals surface area contributed by atoms with E-state index in [-0.39, 0.29) is 5.91 Å². The van der Waals surface area contributed by atoms with Gasteiger partial charge in [-0.05, 0) is 35.0 Å². The average Bonchev–Trinajstić information content (AvgIpc) is 2.05. The summed E-state index contributed by atoms with van der Waals surface area (Å²) >= 11 is 3.31. The number of hydrogen-bond acceptors (Lipinski definition) is 1. The van der Waals surface area contributed by atoms with E-state index in [1.54, 1.807) is 6.07 Å². The lowest BCUT2D eigenvalue weighted by Gasteiger charge is -2.02. The normalized spacial score (nSPS) is 9.50. The maximum atomic E-state index is 11.3. The third-order valence-corrected chi connectivity index (χ3v) is 2.15. The van der Waals surface area contributed by atoms with Gasteiger partial charge in [0.25, 0.3) is 5.91 Å². The van der Waals surface area contributed by atoms with E-state index < -0.39 is 0 Å². The molecule has 0 aliphatic rings. The van der Waals surface area contributed by atoms with Crippen LogP contribution in [-0.4, -0.2) is 12.5 Å². The lowest BCUT2D eigenvalue weighted by Crippen LogP contribution is -2.22. The molecule has 0 bridgehead atoms. The minimum atomic E-state index is -0.0371. The van der Waals surface area contributed by atoms with Crippen LogP contribution >= 0.6 is 15.9 Å². The molecule has 0 unspecified atom stereocenters. The molecular weight excluding hydrogens is 218 g/mol. The molecule has 1 N–H and O–H groups in total. The van der Waals surface area contributed by atoms with Crippen LogP contribution in [0.1, 0.15) is 17.3 Å². The zero-order valence-corrected chi connectivity index (χ0v) is 8.39. The Morgan fingerprint density at radius 3 is 2.75 bits per heavy atom. The largest absolute Gasteiger partial charge is 0.352 e. The van der Waals surface area contributed by atoms with Crippen LogP contribution in [0, 0.1) is 0 Å². The number of nitrogens with one attached hydrogen (secondary N) is 1. The molecule has 0 aromatic heterocycles. The molecule has 0 radical (unpaired) electrons. The van der Waals surface area contributed by atoms with E-state index in [4.69, 9.17) is 0 Å². The van der Waals surface area contributed by atoms with Gasteiger partial charge in [-0.15, -0.1) is 0 Å². The molecule has 0 aliphatic carbocycles. The Morgan fingerprint density at radius 1 is 1.50 bits per heavy atom. The predicted octanol–water partition coefficient (Wildman–Crippen LogP) is 2.20. The van der Waals surface area contributed by atoms with Gasteiger partial charge in [-0.1, -0.05) is 12.1 Å². The molecule has 1 aromatic carbocycles. The summed E-state index contributed by atoms with van der Waals surface area (Å²) in [5.74, 6) is -0.0371. The van der Waals surface area contributed by atoms with Gasteiger partial charge < -0.3 is 5.32 Å². The van der Waals surface area contributed by atoms with Gasteiger partial charge in [0.15, 0.2) is 0 Å². The number of carbonyl (C=O) groups is 1. The van der Waals surface area contributed by atoms with Gasteiger partial charge in [0.2, 0.25) is 0 Å². The maximum Gasteiger partial charge on any atom is 0.252 e. The fourth-order valence-corrected chi connectivity index (χ4v) is 1.37. The summed E-state index contributed by atoms with van der Waals surface area (Å²) < 4.78 is 0.830. The summed E-state index contributed by atoms with van der Waals surface area (Å²) in [7, 11) is 0. The van der Waals surface area contributed by atoms with Gasteiger partial charge in [0.05, 0.1) is 5.56 Å². The topological polar surface area (TPSA) is 29.1 Å². The molecule has 1 aromatic rings. The number of carbonyl (C=O) groups excluding carboxylic acids is 1. The molecule has 3 heteroatoms. The van der Waals surface area contributed by atoms with E-state index in [1.807, 2.05) is 25.1 Å². The highest BCUT2D eigenvalue weighted by Gasteiger charge is 2.06. The number of benzene rings is 1. The fourth-order valence-electron chi connectivity index (χ4n) is 0.901. The molecule has 1 amide bonds. The first-order chi connectivity index (χ1) is 5.75. The van der Waals surface area contributed by atoms with Crippen molar-refractivity contribution in [1.82, 2.24) is 5.32 Å². The van der Waals surface area contributed by atoms with Crippen molar-refractivity contribution in [3.8, 4) is 0 Å². The Morgan fingerprint density at radius 2 is 2.17 bits per heavy atom. The Balaban J connectivity index is 2.87. The van der Waals surface area contributed by atoms with Crippen LogP contribution in [0.3, 0.4) is 0 Å². The zero-order valence-electron chi connectivity index (χ0n) is 6.80. The van der Waals surface area contributed by atoms with Crippen molar-refractivity contribution in [2.45, 2.75) is 6.92 Å². The van der Waals surface area contributed by atoms with E-state index >= 15 is 0 Å². The van der Waals surface area contributed by atoms with E-state index in [1.165, 1.54) is 0 Å². The van der Waals surface area contributed by atoms with Gasteiger partial charge in [-0.3, -0.25) is 4.79 Å². The number of rotatable bonds is 2. The third kappa shape index (κ3) is 2.08. The Labute approximate surface area is 80.1 Å². The van der Waals surface area contributed by atoms with Crippen molar-refractivity contribution >= 4 is 21.8 Å². The van der Waals surface area contributed by atoms with Gasteiger partial charge in [0, 0.05) is 11.0 Å². The van der Waals surface area contributed by atoms with Crippen LogP contribution in [0.2, 0.25) is 0 Å². The molecule has 0 fully saturated rings. The summed E-state index contributed by atoms with van der Waals surface area (Å²) in [5.41, 5.74) is 0.680. The molecule has 12 heavy (non-hydrogen) atoms. The maximum absolute atomic E-state index is 11.3. The van der Waals surface area contributed by atoms with E-state index in [9.17, 15) is 4.79 Å². The van der Waals surface area contributed by atoms with Crippen molar-refractivity contribution in [2.75, 3.05) is 6.54 Å². The van der Waals surface area contributed by atoms with Crippen molar-refractivity contribution < 1.29 is 4.79 Å². The Bertz CT molecular complexity index is 286. The first-order valence-electron chi connectivity index (χ1n) is 3.78. The van der Waals surface area contributed by atoms with Crippen LogP contribution in [0.5, 0.6) is 0 Å². The van der Waals surface area contributed by atoms with Crippen LogP contribution in [-0.2, 0) is 0 Å². The summed E-state index contributed by atoms with van der Waals surface area (Å²) in [6, 6.07) is 7.36. The molecule has 0 saturated heterocycles. The average molecular weight is 228 g/mol. The molecule has 0 heterocycles. The second kappa shape index (κ2) is 4.26. The first-order valence-corrected chi connectivity index (χ1v) is 4.57. The molecular formula is C9H10BrNO. The highest BCUT2D eigenvalue weighted by atomic mass is 79.9. The van der Waals surface area contributed by atoms with E-state index in [0.717, 1.165) is 4.47 Å². The minimum Gasteiger partial charge on any atom is -0.352 e. The highest BCUT2D eigenvalue weighted by Crippen LogP contribution is 2.15. The summed E-state index contributed by atoms with van der Waals surface area (Å²) in [6.07, 6.45) is 0. The van der Waals surface area contributed by atoms with Gasteiger partial charge >= 0.3 is 0 Å². The van der Waals surface area contributed by atoms with Crippen molar-refractivity contribution in [1.29, 1.82) is 0 Å². The zero-order chi connectivity index (χ0) is 8.97. The fraction of sp³-hybridized carbons (Fsp3) is 0.222. The molecule has 0 atom stereocenters.